The SMILES string of the molecule is CCCCC(CC)CC(CC1(c2nn[nH]n2)C(CC)=C(CC)CCc2cc(C(N)=O)ccc21)NCC(=O)N1C(C#N)CC2C1[C@H]2C. The summed E-state index contributed by atoms with van der Waals surface area (Å²) in [7, 11) is 0. The first kappa shape index (κ1) is 33.8. The summed E-state index contributed by atoms with van der Waals surface area (Å²) in [4.78, 5) is 28.0. The first-order valence-electron chi connectivity index (χ1n) is 17.6. The van der Waals surface area contributed by atoms with E-state index in [4.69, 9.17) is 5.73 Å². The Bertz CT molecular complexity index is 1460. The predicted octanol–water partition coefficient (Wildman–Crippen LogP) is 5.36. The van der Waals surface area contributed by atoms with E-state index in [0.717, 1.165) is 75.3 Å². The van der Waals surface area contributed by atoms with E-state index in [0.29, 0.717) is 35.6 Å². The molecular formula is C36H52N8O2. The lowest BCUT2D eigenvalue weighted by molar-refractivity contribution is -0.131. The van der Waals surface area contributed by atoms with Gasteiger partial charge in [0, 0.05) is 17.6 Å². The summed E-state index contributed by atoms with van der Waals surface area (Å²) in [6, 6.07) is 8.01. The second kappa shape index (κ2) is 14.5. The molecule has 0 bridgehead atoms. The van der Waals surface area contributed by atoms with Crippen molar-refractivity contribution in [3.8, 4) is 6.07 Å². The van der Waals surface area contributed by atoms with Gasteiger partial charge in [-0.15, -0.1) is 10.2 Å². The highest BCUT2D eigenvalue weighted by Crippen LogP contribution is 2.53. The van der Waals surface area contributed by atoms with E-state index in [2.05, 4.69) is 66.6 Å². The van der Waals surface area contributed by atoms with Crippen molar-refractivity contribution in [1.29, 1.82) is 5.26 Å². The average molecular weight is 629 g/mol. The van der Waals surface area contributed by atoms with Gasteiger partial charge in [0.25, 0.3) is 0 Å². The van der Waals surface area contributed by atoms with Gasteiger partial charge in [0.2, 0.25) is 11.8 Å². The normalized spacial score (nSPS) is 26.6. The molecule has 2 fully saturated rings. The van der Waals surface area contributed by atoms with Gasteiger partial charge in [-0.1, -0.05) is 82.7 Å². The third-order valence-corrected chi connectivity index (χ3v) is 11.4. The lowest BCUT2D eigenvalue weighted by Gasteiger charge is -2.39. The molecule has 4 N–H and O–H groups in total. The average Bonchev–Trinajstić information content (AvgIpc) is 3.41. The van der Waals surface area contributed by atoms with Crippen molar-refractivity contribution >= 4 is 11.8 Å². The van der Waals surface area contributed by atoms with Crippen molar-refractivity contribution < 1.29 is 9.59 Å². The third-order valence-electron chi connectivity index (χ3n) is 11.4. The minimum Gasteiger partial charge on any atom is -0.366 e. The molecule has 10 nitrogen and oxygen atoms in total. The Kier molecular flexibility index (Phi) is 10.6. The van der Waals surface area contributed by atoms with E-state index in [1.54, 1.807) is 0 Å². The van der Waals surface area contributed by atoms with Crippen LogP contribution in [-0.4, -0.2) is 62.0 Å². The van der Waals surface area contributed by atoms with Crippen LogP contribution in [0.25, 0.3) is 0 Å². The molecule has 2 aromatic rings. The van der Waals surface area contributed by atoms with E-state index >= 15 is 0 Å². The van der Waals surface area contributed by atoms with Crippen molar-refractivity contribution in [2.24, 2.45) is 23.5 Å². The number of fused-ring (bicyclic) bond motifs is 2. The van der Waals surface area contributed by atoms with Crippen molar-refractivity contribution in [3.63, 3.8) is 0 Å². The molecule has 248 valence electrons. The summed E-state index contributed by atoms with van der Waals surface area (Å²) in [6.07, 6.45) is 10.2. The molecule has 2 amide bonds. The summed E-state index contributed by atoms with van der Waals surface area (Å²) >= 11 is 0. The minimum atomic E-state index is -0.711. The summed E-state index contributed by atoms with van der Waals surface area (Å²) in [5.41, 5.74) is 10.4. The maximum atomic E-state index is 13.8. The molecule has 6 unspecified atom stereocenters. The molecule has 1 aromatic carbocycles. The van der Waals surface area contributed by atoms with E-state index < -0.39 is 11.3 Å². The van der Waals surface area contributed by atoms with Gasteiger partial charge in [-0.05, 0) is 86.0 Å². The topological polar surface area (TPSA) is 154 Å². The number of allylic oxidation sites excluding steroid dienone is 2. The zero-order valence-electron chi connectivity index (χ0n) is 28.3. The standard InChI is InChI=1S/C36H52N8O2/c1-6-10-11-23(7-2)16-27(39-21-32(45)44-28(20-37)18-29-22(5)33(29)44)19-36(35-40-42-43-41-35)30(9-4)24(8-3)12-13-25-17-26(34(38)46)14-15-31(25)36/h14-15,17,22-23,27-29,33,39H,6-13,16,18-19,21H2,1-5H3,(H2,38,46)(H,40,41,42,43)/t22-,23?,27?,28?,29?,33?,36?/m0/s1. The zero-order valence-corrected chi connectivity index (χ0v) is 28.3. The van der Waals surface area contributed by atoms with Crippen LogP contribution >= 0.6 is 0 Å². The molecular weight excluding hydrogens is 576 g/mol. The van der Waals surface area contributed by atoms with Crippen LogP contribution in [-0.2, 0) is 16.6 Å². The van der Waals surface area contributed by atoms with Gasteiger partial charge >= 0.3 is 0 Å². The Hall–Kier alpha value is -3.58. The second-order valence-corrected chi connectivity index (χ2v) is 13.8. The fourth-order valence-corrected chi connectivity index (χ4v) is 8.82. The fraction of sp³-hybridized carbons (Fsp3) is 0.667. The van der Waals surface area contributed by atoms with Crippen LogP contribution < -0.4 is 11.1 Å². The van der Waals surface area contributed by atoms with Gasteiger partial charge < -0.3 is 16.0 Å². The number of H-pyrrole nitrogens is 1. The van der Waals surface area contributed by atoms with E-state index in [9.17, 15) is 14.9 Å². The molecule has 1 aliphatic heterocycles. The number of unbranched alkanes of at least 4 members (excludes halogenated alkanes) is 1. The largest absolute Gasteiger partial charge is 0.366 e. The quantitative estimate of drug-likeness (QED) is 0.224. The van der Waals surface area contributed by atoms with Crippen LogP contribution in [0, 0.1) is 29.1 Å². The Morgan fingerprint density at radius 3 is 2.65 bits per heavy atom. The molecule has 1 aromatic heterocycles. The Labute approximate surface area is 274 Å². The van der Waals surface area contributed by atoms with Crippen molar-refractivity contribution in [2.75, 3.05) is 6.54 Å². The molecule has 2 heterocycles. The number of benzene rings is 1. The van der Waals surface area contributed by atoms with Gasteiger partial charge in [-0.25, -0.2) is 0 Å². The van der Waals surface area contributed by atoms with Gasteiger partial charge in [0.1, 0.15) is 6.04 Å². The van der Waals surface area contributed by atoms with Crippen LogP contribution in [0.5, 0.6) is 0 Å². The molecule has 5 rings (SSSR count). The summed E-state index contributed by atoms with van der Waals surface area (Å²) in [5, 5.41) is 29.7. The molecule has 1 saturated heterocycles. The van der Waals surface area contributed by atoms with Crippen molar-refractivity contribution in [3.05, 3.63) is 51.9 Å². The number of nitrogens with zero attached hydrogens (tertiary/aromatic N) is 5. The van der Waals surface area contributed by atoms with Crippen molar-refractivity contribution in [2.45, 2.75) is 129 Å². The molecule has 46 heavy (non-hydrogen) atoms. The third kappa shape index (κ3) is 6.35. The monoisotopic (exact) mass is 628 g/mol. The number of primary amides is 1. The number of hydrogen-bond acceptors (Lipinski definition) is 7. The number of nitrogens with one attached hydrogen (secondary N) is 2. The maximum Gasteiger partial charge on any atom is 0.248 e. The number of carbonyl (C=O) groups excluding carboxylic acids is 2. The van der Waals surface area contributed by atoms with Crippen LogP contribution in [0.2, 0.25) is 0 Å². The molecule has 3 aliphatic rings. The second-order valence-electron chi connectivity index (χ2n) is 13.8. The number of nitrogens with two attached hydrogens (primary N) is 1. The predicted molar refractivity (Wildman–Crippen MR) is 177 cm³/mol. The number of rotatable bonds is 15. The molecule has 1 saturated carbocycles. The number of aryl methyl sites for hydroxylation is 1. The summed E-state index contributed by atoms with van der Waals surface area (Å²) < 4.78 is 0. The number of aromatic nitrogens is 4. The van der Waals surface area contributed by atoms with Gasteiger partial charge in [0.15, 0.2) is 5.82 Å². The number of carbonyl (C=O) groups is 2. The minimum absolute atomic E-state index is 0.0106. The Morgan fingerprint density at radius 1 is 1.22 bits per heavy atom. The number of piperidine rings is 1. The molecule has 2 aliphatic carbocycles. The van der Waals surface area contributed by atoms with E-state index in [1.807, 2.05) is 23.1 Å². The lowest BCUT2D eigenvalue weighted by Crippen LogP contribution is -2.48. The van der Waals surface area contributed by atoms with Crippen LogP contribution in [0.3, 0.4) is 0 Å². The number of hydrogen-bond donors (Lipinski definition) is 3. The Morgan fingerprint density at radius 2 is 2.02 bits per heavy atom. The Balaban J connectivity index is 1.58. The van der Waals surface area contributed by atoms with E-state index in [1.165, 1.54) is 11.1 Å². The molecule has 7 atom stereocenters. The zero-order chi connectivity index (χ0) is 33.0. The first-order chi connectivity index (χ1) is 22.2. The molecule has 0 radical (unpaired) electrons. The van der Waals surface area contributed by atoms with Gasteiger partial charge in [-0.3, -0.25) is 9.59 Å². The fourth-order valence-electron chi connectivity index (χ4n) is 8.82. The van der Waals surface area contributed by atoms with Crippen molar-refractivity contribution in [1.82, 2.24) is 30.8 Å². The summed E-state index contributed by atoms with van der Waals surface area (Å²) in [5.74, 6) is 1.58. The highest BCUT2D eigenvalue weighted by molar-refractivity contribution is 5.93. The van der Waals surface area contributed by atoms with Crippen LogP contribution in [0.15, 0.2) is 29.3 Å². The van der Waals surface area contributed by atoms with Crippen LogP contribution in [0.1, 0.15) is 126 Å². The summed E-state index contributed by atoms with van der Waals surface area (Å²) in [6.45, 7) is 11.3. The number of nitriles is 1. The lowest BCUT2D eigenvalue weighted by atomic mass is 9.65. The number of aromatic amines is 1. The number of tetrazole rings is 1. The van der Waals surface area contributed by atoms with Gasteiger partial charge in [0.05, 0.1) is 18.0 Å². The number of likely N-dealkylation sites (tertiary alicyclic amines) is 1. The smallest absolute Gasteiger partial charge is 0.248 e. The first-order valence-corrected chi connectivity index (χ1v) is 17.6. The van der Waals surface area contributed by atoms with Gasteiger partial charge in [-0.2, -0.15) is 10.5 Å². The molecule has 10 heteroatoms. The van der Waals surface area contributed by atoms with Crippen LogP contribution in [0.4, 0.5) is 0 Å². The number of amides is 2. The molecule has 0 spiro atoms. The highest BCUT2D eigenvalue weighted by Gasteiger charge is 2.60. The van der Waals surface area contributed by atoms with E-state index in [-0.39, 0.29) is 30.6 Å². The highest BCUT2D eigenvalue weighted by atomic mass is 16.2. The maximum absolute atomic E-state index is 13.8.